The fourth-order valence-electron chi connectivity index (χ4n) is 1.98. The molecule has 2 N–H and O–H groups in total. The Morgan fingerprint density at radius 3 is 2.71 bits per heavy atom. The van der Waals surface area contributed by atoms with Crippen LogP contribution in [0.15, 0.2) is 16.7 Å². The summed E-state index contributed by atoms with van der Waals surface area (Å²) in [6, 6.07) is 1.72. The van der Waals surface area contributed by atoms with E-state index in [4.69, 9.17) is 21.8 Å². The van der Waals surface area contributed by atoms with Crippen LogP contribution < -0.4 is 5.73 Å². The van der Waals surface area contributed by atoms with Gasteiger partial charge >= 0.3 is 0 Å². The van der Waals surface area contributed by atoms with Crippen molar-refractivity contribution in [2.75, 3.05) is 0 Å². The highest BCUT2D eigenvalue weighted by molar-refractivity contribution is 6.30. The first-order valence-electron chi connectivity index (χ1n) is 5.48. The molecule has 0 amide bonds. The number of halogens is 1. The van der Waals surface area contributed by atoms with Crippen LogP contribution in [0, 0.1) is 13.8 Å². The standard InChI is InChI=1S/C12H16ClN3O/c1-7-4-5-17-11(7)10(14)6-9-8(2)15-16(3)12(9)13/h4-5,10H,6,14H2,1-3H3. The molecule has 5 heteroatoms. The van der Waals surface area contributed by atoms with E-state index in [9.17, 15) is 0 Å². The van der Waals surface area contributed by atoms with E-state index >= 15 is 0 Å². The summed E-state index contributed by atoms with van der Waals surface area (Å²) in [5, 5.41) is 4.91. The average Bonchev–Trinajstić information content (AvgIpc) is 2.78. The number of nitrogens with two attached hydrogens (primary N) is 1. The summed E-state index contributed by atoms with van der Waals surface area (Å²) in [6.07, 6.45) is 2.29. The Morgan fingerprint density at radius 2 is 2.24 bits per heavy atom. The predicted octanol–water partition coefficient (Wildman–Crippen LogP) is 2.53. The maximum absolute atomic E-state index is 6.17. The SMILES string of the molecule is Cc1ccoc1C(N)Cc1c(C)nn(C)c1Cl. The van der Waals surface area contributed by atoms with E-state index in [0.29, 0.717) is 11.6 Å². The second-order valence-corrected chi connectivity index (χ2v) is 4.61. The van der Waals surface area contributed by atoms with Crippen molar-refractivity contribution in [3.63, 3.8) is 0 Å². The van der Waals surface area contributed by atoms with E-state index in [-0.39, 0.29) is 6.04 Å². The van der Waals surface area contributed by atoms with Gasteiger partial charge in [-0.15, -0.1) is 0 Å². The van der Waals surface area contributed by atoms with Crippen LogP contribution in [0.25, 0.3) is 0 Å². The van der Waals surface area contributed by atoms with Crippen LogP contribution in [0.5, 0.6) is 0 Å². The molecule has 0 bridgehead atoms. The van der Waals surface area contributed by atoms with Gasteiger partial charge in [0.05, 0.1) is 18.0 Å². The van der Waals surface area contributed by atoms with E-state index in [1.807, 2.05) is 27.0 Å². The van der Waals surface area contributed by atoms with Crippen LogP contribution in [0.3, 0.4) is 0 Å². The van der Waals surface area contributed by atoms with Gasteiger partial charge in [-0.3, -0.25) is 4.68 Å². The lowest BCUT2D eigenvalue weighted by Crippen LogP contribution is -2.14. The monoisotopic (exact) mass is 253 g/mol. The summed E-state index contributed by atoms with van der Waals surface area (Å²) in [7, 11) is 1.82. The highest BCUT2D eigenvalue weighted by Gasteiger charge is 2.18. The van der Waals surface area contributed by atoms with Crippen molar-refractivity contribution in [1.29, 1.82) is 0 Å². The summed E-state index contributed by atoms with van der Waals surface area (Å²) < 4.78 is 7.05. The summed E-state index contributed by atoms with van der Waals surface area (Å²) in [6.45, 7) is 3.92. The third-order valence-corrected chi connectivity index (χ3v) is 3.41. The molecule has 2 heterocycles. The Labute approximate surface area is 105 Å². The molecule has 1 atom stereocenters. The number of hydrogen-bond acceptors (Lipinski definition) is 3. The fourth-order valence-corrected chi connectivity index (χ4v) is 2.23. The normalized spacial score (nSPS) is 13.0. The van der Waals surface area contributed by atoms with Crippen molar-refractivity contribution in [2.45, 2.75) is 26.3 Å². The zero-order chi connectivity index (χ0) is 12.6. The van der Waals surface area contributed by atoms with Gasteiger partial charge in [-0.05, 0) is 31.9 Å². The van der Waals surface area contributed by atoms with Crippen molar-refractivity contribution in [3.05, 3.63) is 40.1 Å². The van der Waals surface area contributed by atoms with Gasteiger partial charge < -0.3 is 10.2 Å². The minimum absolute atomic E-state index is 0.189. The maximum atomic E-state index is 6.17. The number of furan rings is 1. The van der Waals surface area contributed by atoms with Gasteiger partial charge in [0.25, 0.3) is 0 Å². The van der Waals surface area contributed by atoms with Gasteiger partial charge in [0.15, 0.2) is 0 Å². The molecule has 2 aromatic heterocycles. The molecule has 2 aromatic rings. The summed E-state index contributed by atoms with van der Waals surface area (Å²) >= 11 is 6.17. The quantitative estimate of drug-likeness (QED) is 0.915. The second-order valence-electron chi connectivity index (χ2n) is 4.26. The molecule has 0 saturated heterocycles. The van der Waals surface area contributed by atoms with Crippen LogP contribution in [-0.4, -0.2) is 9.78 Å². The minimum Gasteiger partial charge on any atom is -0.467 e. The van der Waals surface area contributed by atoms with Crippen LogP contribution in [0.4, 0.5) is 0 Å². The minimum atomic E-state index is -0.189. The van der Waals surface area contributed by atoms with Crippen molar-refractivity contribution in [3.8, 4) is 0 Å². The molecule has 0 spiro atoms. The smallest absolute Gasteiger partial charge is 0.130 e. The van der Waals surface area contributed by atoms with Crippen LogP contribution >= 0.6 is 11.6 Å². The molecule has 1 unspecified atom stereocenters. The van der Waals surface area contributed by atoms with Crippen molar-refractivity contribution < 1.29 is 4.42 Å². The zero-order valence-electron chi connectivity index (χ0n) is 10.2. The largest absolute Gasteiger partial charge is 0.467 e. The number of rotatable bonds is 3. The summed E-state index contributed by atoms with van der Waals surface area (Å²) in [5.74, 6) is 0.810. The van der Waals surface area contributed by atoms with Gasteiger partial charge in [-0.1, -0.05) is 11.6 Å². The first-order valence-corrected chi connectivity index (χ1v) is 5.86. The average molecular weight is 254 g/mol. The predicted molar refractivity (Wildman–Crippen MR) is 67.0 cm³/mol. The number of aromatic nitrogens is 2. The molecular formula is C12H16ClN3O. The number of nitrogens with zero attached hydrogens (tertiary/aromatic N) is 2. The lowest BCUT2D eigenvalue weighted by atomic mass is 10.0. The molecular weight excluding hydrogens is 238 g/mol. The number of aryl methyl sites for hydroxylation is 3. The van der Waals surface area contributed by atoms with E-state index in [1.54, 1.807) is 10.9 Å². The highest BCUT2D eigenvalue weighted by atomic mass is 35.5. The van der Waals surface area contributed by atoms with E-state index in [1.165, 1.54) is 0 Å². The molecule has 0 aliphatic rings. The molecule has 0 fully saturated rings. The lowest BCUT2D eigenvalue weighted by molar-refractivity contribution is 0.461. The molecule has 17 heavy (non-hydrogen) atoms. The van der Waals surface area contributed by atoms with Gasteiger partial charge in [0.2, 0.25) is 0 Å². The van der Waals surface area contributed by atoms with E-state index in [0.717, 1.165) is 22.6 Å². The molecule has 2 rings (SSSR count). The van der Waals surface area contributed by atoms with Crippen molar-refractivity contribution in [1.82, 2.24) is 9.78 Å². The molecule has 0 aliphatic carbocycles. The molecule has 0 aromatic carbocycles. The first kappa shape index (κ1) is 12.2. The molecule has 0 radical (unpaired) electrons. The Morgan fingerprint density at radius 1 is 1.53 bits per heavy atom. The molecule has 0 saturated carbocycles. The third-order valence-electron chi connectivity index (χ3n) is 2.93. The second kappa shape index (κ2) is 4.55. The topological polar surface area (TPSA) is 57.0 Å². The summed E-state index contributed by atoms with van der Waals surface area (Å²) in [5.41, 5.74) is 9.09. The third kappa shape index (κ3) is 2.23. The van der Waals surface area contributed by atoms with Crippen molar-refractivity contribution >= 4 is 11.6 Å². The van der Waals surface area contributed by atoms with E-state index < -0.39 is 0 Å². The van der Waals surface area contributed by atoms with Gasteiger partial charge in [-0.2, -0.15) is 5.10 Å². The van der Waals surface area contributed by atoms with Crippen LogP contribution in [0.1, 0.15) is 28.6 Å². The Hall–Kier alpha value is -1.26. The Bertz CT molecular complexity index is 530. The van der Waals surface area contributed by atoms with Crippen LogP contribution in [-0.2, 0) is 13.5 Å². The van der Waals surface area contributed by atoms with Gasteiger partial charge in [0, 0.05) is 12.6 Å². The molecule has 4 nitrogen and oxygen atoms in total. The Kier molecular flexibility index (Phi) is 3.26. The van der Waals surface area contributed by atoms with E-state index in [2.05, 4.69) is 5.10 Å². The lowest BCUT2D eigenvalue weighted by Gasteiger charge is -2.09. The maximum Gasteiger partial charge on any atom is 0.130 e. The zero-order valence-corrected chi connectivity index (χ0v) is 11.0. The van der Waals surface area contributed by atoms with Gasteiger partial charge in [0.1, 0.15) is 10.9 Å². The van der Waals surface area contributed by atoms with Crippen LogP contribution in [0.2, 0.25) is 5.15 Å². The number of hydrogen-bond donors (Lipinski definition) is 1. The molecule has 92 valence electrons. The highest BCUT2D eigenvalue weighted by Crippen LogP contribution is 2.26. The van der Waals surface area contributed by atoms with Crippen molar-refractivity contribution in [2.24, 2.45) is 12.8 Å². The first-order chi connectivity index (χ1) is 8.00. The van der Waals surface area contributed by atoms with Gasteiger partial charge in [-0.25, -0.2) is 0 Å². The molecule has 0 aliphatic heterocycles. The Balaban J connectivity index is 2.24. The fraction of sp³-hybridized carbons (Fsp3) is 0.417. The summed E-state index contributed by atoms with van der Waals surface area (Å²) in [4.78, 5) is 0.